The van der Waals surface area contributed by atoms with Crippen molar-refractivity contribution in [3.05, 3.63) is 38.5 Å². The van der Waals surface area contributed by atoms with Crippen molar-refractivity contribution in [2.45, 2.75) is 6.42 Å². The Kier molecular flexibility index (Phi) is 2.93. The summed E-state index contributed by atoms with van der Waals surface area (Å²) in [6.07, 6.45) is 0.663. The Labute approximate surface area is 97.4 Å². The van der Waals surface area contributed by atoms with E-state index >= 15 is 0 Å². The van der Waals surface area contributed by atoms with Crippen LogP contribution < -0.4 is 0 Å². The van der Waals surface area contributed by atoms with E-state index in [0.717, 1.165) is 14.5 Å². The Hall–Kier alpha value is -0.750. The van der Waals surface area contributed by atoms with Gasteiger partial charge in [-0.2, -0.15) is 5.21 Å². The van der Waals surface area contributed by atoms with Crippen molar-refractivity contribution in [3.8, 4) is 0 Å². The SMILES string of the molecule is Brc1cccc(Cc2nn[nH]n2)c1Br. The molecule has 0 bridgehead atoms. The molecular formula is C8H6Br2N4. The van der Waals surface area contributed by atoms with Crippen molar-refractivity contribution in [1.29, 1.82) is 0 Å². The summed E-state index contributed by atoms with van der Waals surface area (Å²) in [6, 6.07) is 5.97. The van der Waals surface area contributed by atoms with E-state index in [-0.39, 0.29) is 0 Å². The van der Waals surface area contributed by atoms with E-state index < -0.39 is 0 Å². The maximum Gasteiger partial charge on any atom is 0.178 e. The predicted molar refractivity (Wildman–Crippen MR) is 58.8 cm³/mol. The molecule has 1 aromatic carbocycles. The number of halogens is 2. The van der Waals surface area contributed by atoms with Gasteiger partial charge in [0, 0.05) is 15.4 Å². The molecule has 2 rings (SSSR count). The summed E-state index contributed by atoms with van der Waals surface area (Å²) in [6.45, 7) is 0. The van der Waals surface area contributed by atoms with Crippen LogP contribution in [0.15, 0.2) is 27.1 Å². The molecule has 0 aliphatic heterocycles. The first-order valence-corrected chi connectivity index (χ1v) is 5.51. The fourth-order valence-corrected chi connectivity index (χ4v) is 1.92. The van der Waals surface area contributed by atoms with E-state index in [1.54, 1.807) is 0 Å². The molecule has 0 amide bonds. The Morgan fingerprint density at radius 2 is 2.14 bits per heavy atom. The van der Waals surface area contributed by atoms with Crippen molar-refractivity contribution in [3.63, 3.8) is 0 Å². The summed E-state index contributed by atoms with van der Waals surface area (Å²) in [5.74, 6) is 0.684. The first-order valence-electron chi connectivity index (χ1n) is 3.92. The predicted octanol–water partition coefficient (Wildman–Crippen LogP) is 2.32. The molecule has 1 heterocycles. The number of hydrogen-bond acceptors (Lipinski definition) is 3. The van der Waals surface area contributed by atoms with Crippen molar-refractivity contribution in [2.75, 3.05) is 0 Å². The molecule has 0 aliphatic rings. The van der Waals surface area contributed by atoms with Crippen LogP contribution in [0, 0.1) is 0 Å². The number of rotatable bonds is 2. The minimum Gasteiger partial charge on any atom is -0.177 e. The van der Waals surface area contributed by atoms with Gasteiger partial charge in [-0.1, -0.05) is 17.3 Å². The third kappa shape index (κ3) is 2.01. The highest BCUT2D eigenvalue weighted by molar-refractivity contribution is 9.13. The van der Waals surface area contributed by atoms with Crippen molar-refractivity contribution >= 4 is 31.9 Å². The number of tetrazole rings is 1. The third-order valence-electron chi connectivity index (χ3n) is 1.77. The molecule has 4 nitrogen and oxygen atoms in total. The minimum atomic E-state index is 0.663. The Morgan fingerprint density at radius 1 is 1.29 bits per heavy atom. The van der Waals surface area contributed by atoms with E-state index in [2.05, 4.69) is 52.5 Å². The molecule has 2 aromatic rings. The first-order chi connectivity index (χ1) is 6.77. The van der Waals surface area contributed by atoms with E-state index in [4.69, 9.17) is 0 Å². The van der Waals surface area contributed by atoms with Gasteiger partial charge in [0.25, 0.3) is 0 Å². The lowest BCUT2D eigenvalue weighted by Gasteiger charge is -2.02. The molecule has 0 saturated carbocycles. The van der Waals surface area contributed by atoms with Crippen LogP contribution in [0.4, 0.5) is 0 Å². The maximum absolute atomic E-state index is 3.90. The Bertz CT molecular complexity index is 427. The highest BCUT2D eigenvalue weighted by Gasteiger charge is 2.06. The molecule has 0 spiro atoms. The fourth-order valence-electron chi connectivity index (χ4n) is 1.11. The monoisotopic (exact) mass is 316 g/mol. The van der Waals surface area contributed by atoms with Crippen molar-refractivity contribution in [2.24, 2.45) is 0 Å². The average molecular weight is 318 g/mol. The van der Waals surface area contributed by atoms with Crippen LogP contribution in [0.3, 0.4) is 0 Å². The molecular weight excluding hydrogens is 312 g/mol. The number of hydrogen-bond donors (Lipinski definition) is 1. The van der Waals surface area contributed by atoms with E-state index in [0.29, 0.717) is 12.2 Å². The number of aromatic nitrogens is 4. The molecule has 72 valence electrons. The van der Waals surface area contributed by atoms with Gasteiger partial charge in [0.2, 0.25) is 0 Å². The van der Waals surface area contributed by atoms with Gasteiger partial charge in [-0.15, -0.1) is 10.2 Å². The first kappa shape index (κ1) is 9.79. The summed E-state index contributed by atoms with van der Waals surface area (Å²) in [4.78, 5) is 0. The molecule has 6 heteroatoms. The Morgan fingerprint density at radius 3 is 2.86 bits per heavy atom. The van der Waals surface area contributed by atoms with Gasteiger partial charge in [-0.05, 0) is 43.5 Å². The van der Waals surface area contributed by atoms with Gasteiger partial charge in [-0.25, -0.2) is 0 Å². The second-order valence-corrected chi connectivity index (χ2v) is 4.37. The zero-order chi connectivity index (χ0) is 9.97. The fraction of sp³-hybridized carbons (Fsp3) is 0.125. The molecule has 0 atom stereocenters. The largest absolute Gasteiger partial charge is 0.178 e. The zero-order valence-electron chi connectivity index (χ0n) is 7.04. The summed E-state index contributed by atoms with van der Waals surface area (Å²) in [5, 5.41) is 13.7. The summed E-state index contributed by atoms with van der Waals surface area (Å²) < 4.78 is 2.06. The van der Waals surface area contributed by atoms with E-state index in [1.165, 1.54) is 0 Å². The van der Waals surface area contributed by atoms with Crippen LogP contribution in [0.1, 0.15) is 11.4 Å². The number of aromatic amines is 1. The molecule has 1 aromatic heterocycles. The normalized spacial score (nSPS) is 10.4. The lowest BCUT2D eigenvalue weighted by molar-refractivity contribution is 0.881. The van der Waals surface area contributed by atoms with Gasteiger partial charge in [0.05, 0.1) is 0 Å². The Balaban J connectivity index is 2.29. The second-order valence-electron chi connectivity index (χ2n) is 2.72. The molecule has 0 aliphatic carbocycles. The van der Waals surface area contributed by atoms with Crippen LogP contribution in [0.2, 0.25) is 0 Å². The highest BCUT2D eigenvalue weighted by Crippen LogP contribution is 2.27. The molecule has 0 unspecified atom stereocenters. The number of nitrogens with zero attached hydrogens (tertiary/aromatic N) is 3. The van der Waals surface area contributed by atoms with Crippen LogP contribution in [0.25, 0.3) is 0 Å². The van der Waals surface area contributed by atoms with Crippen molar-refractivity contribution in [1.82, 2.24) is 20.6 Å². The van der Waals surface area contributed by atoms with Crippen LogP contribution in [-0.4, -0.2) is 20.6 Å². The van der Waals surface area contributed by atoms with Gasteiger partial charge >= 0.3 is 0 Å². The highest BCUT2D eigenvalue weighted by atomic mass is 79.9. The summed E-state index contributed by atoms with van der Waals surface area (Å²) in [7, 11) is 0. The van der Waals surface area contributed by atoms with Crippen LogP contribution >= 0.6 is 31.9 Å². The van der Waals surface area contributed by atoms with E-state index in [9.17, 15) is 0 Å². The van der Waals surface area contributed by atoms with Crippen LogP contribution in [-0.2, 0) is 6.42 Å². The zero-order valence-corrected chi connectivity index (χ0v) is 10.2. The van der Waals surface area contributed by atoms with Gasteiger partial charge in [0.15, 0.2) is 5.82 Å². The van der Waals surface area contributed by atoms with Gasteiger partial charge in [-0.3, -0.25) is 0 Å². The number of benzene rings is 1. The summed E-state index contributed by atoms with van der Waals surface area (Å²) in [5.41, 5.74) is 1.13. The minimum absolute atomic E-state index is 0.663. The maximum atomic E-state index is 3.90. The smallest absolute Gasteiger partial charge is 0.177 e. The topological polar surface area (TPSA) is 54.5 Å². The van der Waals surface area contributed by atoms with Gasteiger partial charge < -0.3 is 0 Å². The third-order valence-corrected chi connectivity index (χ3v) is 3.90. The molecule has 0 fully saturated rings. The van der Waals surface area contributed by atoms with Gasteiger partial charge in [0.1, 0.15) is 0 Å². The van der Waals surface area contributed by atoms with E-state index in [1.807, 2.05) is 18.2 Å². The van der Waals surface area contributed by atoms with Crippen molar-refractivity contribution < 1.29 is 0 Å². The number of H-pyrrole nitrogens is 1. The quantitative estimate of drug-likeness (QED) is 0.924. The lowest BCUT2D eigenvalue weighted by atomic mass is 10.1. The lowest BCUT2D eigenvalue weighted by Crippen LogP contribution is -1.92. The summed E-state index contributed by atoms with van der Waals surface area (Å²) >= 11 is 6.93. The molecule has 14 heavy (non-hydrogen) atoms. The molecule has 0 radical (unpaired) electrons. The van der Waals surface area contributed by atoms with Crippen LogP contribution in [0.5, 0.6) is 0 Å². The standard InChI is InChI=1S/C8H6Br2N4/c9-6-3-1-2-5(8(6)10)4-7-11-13-14-12-7/h1-3H,4H2,(H,11,12,13,14). The molecule has 0 saturated heterocycles. The average Bonchev–Trinajstić information content (AvgIpc) is 2.66. The second kappa shape index (κ2) is 4.18. The molecule has 1 N–H and O–H groups in total. The number of nitrogens with one attached hydrogen (secondary N) is 1.